The molecule has 2 N–H and O–H groups in total. The van der Waals surface area contributed by atoms with Crippen molar-refractivity contribution in [3.63, 3.8) is 0 Å². The molecule has 1 aliphatic rings. The lowest BCUT2D eigenvalue weighted by Crippen LogP contribution is -2.42. The Morgan fingerprint density at radius 2 is 2.00 bits per heavy atom. The zero-order valence-corrected chi connectivity index (χ0v) is 13.8. The number of nitrogens with one attached hydrogen (secondary N) is 1. The van der Waals surface area contributed by atoms with Crippen LogP contribution in [0, 0.1) is 0 Å². The van der Waals surface area contributed by atoms with Gasteiger partial charge in [0.1, 0.15) is 5.76 Å². The highest BCUT2D eigenvalue weighted by molar-refractivity contribution is 6.06. The van der Waals surface area contributed by atoms with E-state index in [1.54, 1.807) is 19.1 Å². The molecule has 132 valence electrons. The number of aliphatic hydroxyl groups is 1. The van der Waals surface area contributed by atoms with Gasteiger partial charge in [-0.05, 0) is 24.6 Å². The second kappa shape index (κ2) is 7.08. The maximum atomic E-state index is 12.6. The number of hydrogen-bond acceptors (Lipinski definition) is 5. The van der Waals surface area contributed by atoms with Crippen molar-refractivity contribution in [2.45, 2.75) is 25.2 Å². The molecule has 0 saturated carbocycles. The fraction of sp³-hybridized carbons (Fsp3) is 0.333. The summed E-state index contributed by atoms with van der Waals surface area (Å²) >= 11 is 0. The van der Waals surface area contributed by atoms with Crippen LogP contribution in [0.25, 0.3) is 0 Å². The third kappa shape index (κ3) is 3.57. The summed E-state index contributed by atoms with van der Waals surface area (Å²) in [5.74, 6) is -0.113. The van der Waals surface area contributed by atoms with Gasteiger partial charge in [-0.25, -0.2) is 4.79 Å². The van der Waals surface area contributed by atoms with Crippen LogP contribution in [0.1, 0.15) is 18.2 Å². The van der Waals surface area contributed by atoms with Gasteiger partial charge in [0.05, 0.1) is 32.1 Å². The van der Waals surface area contributed by atoms with E-state index in [-0.39, 0.29) is 13.2 Å². The fourth-order valence-corrected chi connectivity index (χ4v) is 2.74. The summed E-state index contributed by atoms with van der Waals surface area (Å²) in [4.78, 5) is 25.7. The van der Waals surface area contributed by atoms with E-state index in [0.29, 0.717) is 12.4 Å². The summed E-state index contributed by atoms with van der Waals surface area (Å²) in [5.41, 5.74) is -0.277. The molecule has 3 rings (SSSR count). The van der Waals surface area contributed by atoms with Crippen molar-refractivity contribution in [2.75, 3.05) is 13.2 Å². The molecule has 1 fully saturated rings. The number of urea groups is 1. The predicted octanol–water partition coefficient (Wildman–Crippen LogP) is 1.62. The largest absolute Gasteiger partial charge is 0.466 e. The Labute approximate surface area is 145 Å². The predicted molar refractivity (Wildman–Crippen MR) is 88.4 cm³/mol. The zero-order valence-electron chi connectivity index (χ0n) is 13.8. The number of nitrogens with zero attached hydrogens (tertiary/aromatic N) is 1. The molecule has 7 heteroatoms. The van der Waals surface area contributed by atoms with Crippen molar-refractivity contribution >= 4 is 11.9 Å². The number of imide groups is 1. The van der Waals surface area contributed by atoms with Gasteiger partial charge in [0.2, 0.25) is 0 Å². The Balaban J connectivity index is 1.55. The quantitative estimate of drug-likeness (QED) is 0.745. The number of rotatable bonds is 7. The Morgan fingerprint density at radius 1 is 1.24 bits per heavy atom. The Kier molecular flexibility index (Phi) is 4.87. The third-order valence-corrected chi connectivity index (χ3v) is 4.10. The van der Waals surface area contributed by atoms with E-state index in [2.05, 4.69) is 5.32 Å². The third-order valence-electron chi connectivity index (χ3n) is 4.10. The first kappa shape index (κ1) is 17.2. The number of carbonyl (C=O) groups is 2. The zero-order chi connectivity index (χ0) is 17.9. The molecule has 2 aromatic rings. The van der Waals surface area contributed by atoms with Crippen molar-refractivity contribution in [2.24, 2.45) is 0 Å². The number of amides is 3. The van der Waals surface area contributed by atoms with Gasteiger partial charge in [-0.1, -0.05) is 30.3 Å². The molecule has 0 spiro atoms. The van der Waals surface area contributed by atoms with Crippen molar-refractivity contribution < 1.29 is 23.8 Å². The van der Waals surface area contributed by atoms with Crippen molar-refractivity contribution in [1.82, 2.24) is 10.2 Å². The SMILES string of the molecule is C[C@@]1(c2ccco2)NC(=O)N(C[C@@H](O)COCc2ccccc2)C1=O. The normalized spacial score (nSPS) is 21.4. The molecule has 1 aromatic carbocycles. The fourth-order valence-electron chi connectivity index (χ4n) is 2.74. The number of carbonyl (C=O) groups excluding carboxylic acids is 2. The standard InChI is InChI=1S/C18H20N2O5/c1-18(15-8-5-9-25-15)16(22)20(17(23)19-18)10-14(21)12-24-11-13-6-3-2-4-7-13/h2-9,14,21H,10-12H2,1H3,(H,19,23)/t14-,18+/m1/s1. The topological polar surface area (TPSA) is 92.0 Å². The van der Waals surface area contributed by atoms with Crippen LogP contribution in [0.4, 0.5) is 4.79 Å². The average molecular weight is 344 g/mol. The molecular formula is C18H20N2O5. The lowest BCUT2D eigenvalue weighted by atomic mass is 9.99. The first-order chi connectivity index (χ1) is 12.0. The number of benzene rings is 1. The smallest absolute Gasteiger partial charge is 0.325 e. The van der Waals surface area contributed by atoms with E-state index < -0.39 is 23.6 Å². The van der Waals surface area contributed by atoms with Crippen LogP contribution in [-0.2, 0) is 21.7 Å². The number of β-amino-alcohol motifs (C(OH)–C–C–N with tert-alkyl or cyclic N) is 1. The lowest BCUT2D eigenvalue weighted by molar-refractivity contribution is -0.133. The molecular weight excluding hydrogens is 324 g/mol. The monoisotopic (exact) mass is 344 g/mol. The summed E-state index contributed by atoms with van der Waals surface area (Å²) in [5, 5.41) is 12.7. The molecule has 1 saturated heterocycles. The van der Waals surface area contributed by atoms with Crippen molar-refractivity contribution in [3.8, 4) is 0 Å². The van der Waals surface area contributed by atoms with Crippen LogP contribution in [0.3, 0.4) is 0 Å². The second-order valence-corrected chi connectivity index (χ2v) is 6.10. The van der Waals surface area contributed by atoms with E-state index in [1.807, 2.05) is 30.3 Å². The minimum absolute atomic E-state index is 0.0173. The molecule has 7 nitrogen and oxygen atoms in total. The van der Waals surface area contributed by atoms with Crippen molar-refractivity contribution in [1.29, 1.82) is 0 Å². The summed E-state index contributed by atoms with van der Waals surface area (Å²) in [6, 6.07) is 12.3. The van der Waals surface area contributed by atoms with Crippen LogP contribution >= 0.6 is 0 Å². The number of aliphatic hydroxyl groups excluding tert-OH is 1. The van der Waals surface area contributed by atoms with E-state index in [1.165, 1.54) is 6.26 Å². The molecule has 1 aromatic heterocycles. The molecule has 0 radical (unpaired) electrons. The molecule has 25 heavy (non-hydrogen) atoms. The van der Waals surface area contributed by atoms with E-state index in [0.717, 1.165) is 10.5 Å². The minimum Gasteiger partial charge on any atom is -0.466 e. The maximum Gasteiger partial charge on any atom is 0.325 e. The van der Waals surface area contributed by atoms with E-state index in [4.69, 9.17) is 9.15 Å². The highest BCUT2D eigenvalue weighted by Crippen LogP contribution is 2.29. The molecule has 0 bridgehead atoms. The number of hydrogen-bond donors (Lipinski definition) is 2. The van der Waals surface area contributed by atoms with Gasteiger partial charge in [0.15, 0.2) is 5.54 Å². The molecule has 2 atom stereocenters. The molecule has 0 unspecified atom stereocenters. The summed E-state index contributed by atoms with van der Waals surface area (Å²) < 4.78 is 10.7. The van der Waals surface area contributed by atoms with Gasteiger partial charge in [-0.3, -0.25) is 9.69 Å². The van der Waals surface area contributed by atoms with Gasteiger partial charge in [-0.15, -0.1) is 0 Å². The first-order valence-corrected chi connectivity index (χ1v) is 7.98. The van der Waals surface area contributed by atoms with Crippen molar-refractivity contribution in [3.05, 3.63) is 60.1 Å². The van der Waals surface area contributed by atoms with Crippen LogP contribution in [-0.4, -0.2) is 41.2 Å². The molecule has 2 heterocycles. The van der Waals surface area contributed by atoms with E-state index >= 15 is 0 Å². The lowest BCUT2D eigenvalue weighted by Gasteiger charge is -2.20. The van der Waals surface area contributed by atoms with Crippen LogP contribution < -0.4 is 5.32 Å². The van der Waals surface area contributed by atoms with Gasteiger partial charge in [0.25, 0.3) is 5.91 Å². The van der Waals surface area contributed by atoms with Gasteiger partial charge < -0.3 is 19.6 Å². The Bertz CT molecular complexity index is 731. The number of furan rings is 1. The van der Waals surface area contributed by atoms with Gasteiger partial charge >= 0.3 is 6.03 Å². The highest BCUT2D eigenvalue weighted by atomic mass is 16.5. The highest BCUT2D eigenvalue weighted by Gasteiger charge is 2.51. The molecule has 0 aliphatic carbocycles. The molecule has 1 aliphatic heterocycles. The molecule has 3 amide bonds. The van der Waals surface area contributed by atoms with Gasteiger partial charge in [0, 0.05) is 0 Å². The summed E-state index contributed by atoms with van der Waals surface area (Å²) in [6.45, 7) is 1.80. The van der Waals surface area contributed by atoms with Crippen LogP contribution in [0.15, 0.2) is 53.1 Å². The first-order valence-electron chi connectivity index (χ1n) is 7.98. The average Bonchev–Trinajstić information content (AvgIpc) is 3.21. The van der Waals surface area contributed by atoms with Gasteiger partial charge in [-0.2, -0.15) is 0 Å². The Morgan fingerprint density at radius 3 is 2.68 bits per heavy atom. The second-order valence-electron chi connectivity index (χ2n) is 6.10. The number of ether oxygens (including phenoxy) is 1. The van der Waals surface area contributed by atoms with Crippen LogP contribution in [0.2, 0.25) is 0 Å². The summed E-state index contributed by atoms with van der Waals surface area (Å²) in [6.07, 6.45) is 0.465. The minimum atomic E-state index is -1.26. The maximum absolute atomic E-state index is 12.6. The summed E-state index contributed by atoms with van der Waals surface area (Å²) in [7, 11) is 0. The van der Waals surface area contributed by atoms with E-state index in [9.17, 15) is 14.7 Å². The Hall–Kier alpha value is -2.64. The van der Waals surface area contributed by atoms with Crippen LogP contribution in [0.5, 0.6) is 0 Å².